The van der Waals surface area contributed by atoms with Gasteiger partial charge in [-0.3, -0.25) is 9.59 Å². The number of rotatable bonds is 6. The molecule has 7 nitrogen and oxygen atoms in total. The topological polar surface area (TPSA) is 97.5 Å². The molecule has 2 amide bonds. The molecule has 132 valence electrons. The summed E-state index contributed by atoms with van der Waals surface area (Å²) in [4.78, 5) is 30.8. The number of methoxy groups -OCH3 is 1. The minimum Gasteiger partial charge on any atom is -0.380 e. The maximum absolute atomic E-state index is 12.4. The van der Waals surface area contributed by atoms with E-state index in [1.165, 1.54) is 0 Å². The Bertz CT molecular complexity index is 575. The van der Waals surface area contributed by atoms with E-state index >= 15 is 0 Å². The van der Waals surface area contributed by atoms with E-state index in [1.807, 2.05) is 19.1 Å². The lowest BCUT2D eigenvalue weighted by atomic mass is 9.96. The second-order valence-electron chi connectivity index (χ2n) is 6.13. The van der Waals surface area contributed by atoms with Crippen LogP contribution in [0, 0.1) is 12.8 Å². The van der Waals surface area contributed by atoms with Gasteiger partial charge in [0.1, 0.15) is 5.82 Å². The number of nitrogens with one attached hydrogen (secondary N) is 1. The Hall–Kier alpha value is -1.99. The molecule has 1 aromatic heterocycles. The third kappa shape index (κ3) is 5.01. The zero-order valence-corrected chi connectivity index (χ0v) is 14.3. The summed E-state index contributed by atoms with van der Waals surface area (Å²) in [5.41, 5.74) is 6.42. The average Bonchev–Trinajstić information content (AvgIpc) is 2.59. The number of carbonyl (C=O) groups is 2. The fourth-order valence-corrected chi connectivity index (χ4v) is 2.85. The molecule has 0 spiro atoms. The molecule has 0 aliphatic carbocycles. The molecule has 0 radical (unpaired) electrons. The maximum Gasteiger partial charge on any atom is 0.230 e. The molecule has 0 aromatic carbocycles. The Kier molecular flexibility index (Phi) is 6.69. The van der Waals surface area contributed by atoms with E-state index in [4.69, 9.17) is 10.5 Å². The number of nitrogens with two attached hydrogens (primary N) is 1. The van der Waals surface area contributed by atoms with Gasteiger partial charge >= 0.3 is 0 Å². The summed E-state index contributed by atoms with van der Waals surface area (Å²) in [5.74, 6) is 0.223. The first-order chi connectivity index (χ1) is 11.5. The van der Waals surface area contributed by atoms with Gasteiger partial charge in [-0.1, -0.05) is 6.07 Å². The predicted octanol–water partition coefficient (Wildman–Crippen LogP) is 0.931. The van der Waals surface area contributed by atoms with E-state index in [0.29, 0.717) is 25.5 Å². The molecule has 1 aliphatic heterocycles. The number of piperidine rings is 1. The van der Waals surface area contributed by atoms with Crippen LogP contribution in [-0.2, 0) is 14.3 Å². The first-order valence-corrected chi connectivity index (χ1v) is 8.28. The number of aromatic nitrogens is 1. The molecule has 0 saturated carbocycles. The van der Waals surface area contributed by atoms with Gasteiger partial charge in [0.05, 0.1) is 18.4 Å². The van der Waals surface area contributed by atoms with Gasteiger partial charge in [-0.25, -0.2) is 4.98 Å². The molecule has 2 rings (SSSR count). The summed E-state index contributed by atoms with van der Waals surface area (Å²) in [6, 6.07) is 5.49. The van der Waals surface area contributed by atoms with Gasteiger partial charge < -0.3 is 20.7 Å². The standard InChI is InChI=1S/C17H26N4O3/c1-12-5-3-7-15(19-12)20-17(23)13-6-4-8-21(11-13)16(22)9-14(10-18)24-2/h3,5,7,13-14H,4,6,8-11,18H2,1-2H3,(H,19,20,23). The molecule has 0 bridgehead atoms. The minimum atomic E-state index is -0.275. The number of anilines is 1. The van der Waals surface area contributed by atoms with Crippen molar-refractivity contribution in [1.82, 2.24) is 9.88 Å². The Labute approximate surface area is 142 Å². The summed E-state index contributed by atoms with van der Waals surface area (Å²) >= 11 is 0. The van der Waals surface area contributed by atoms with E-state index in [9.17, 15) is 9.59 Å². The smallest absolute Gasteiger partial charge is 0.230 e. The van der Waals surface area contributed by atoms with Crippen LogP contribution in [0.5, 0.6) is 0 Å². The van der Waals surface area contributed by atoms with Gasteiger partial charge in [0.2, 0.25) is 11.8 Å². The SMILES string of the molecule is COC(CN)CC(=O)N1CCCC(C(=O)Nc2cccc(C)n2)C1. The van der Waals surface area contributed by atoms with Gasteiger partial charge in [0, 0.05) is 32.4 Å². The highest BCUT2D eigenvalue weighted by Crippen LogP contribution is 2.19. The molecule has 2 unspecified atom stereocenters. The number of likely N-dealkylation sites (tertiary alicyclic amines) is 1. The van der Waals surface area contributed by atoms with Crippen molar-refractivity contribution in [3.8, 4) is 0 Å². The number of amides is 2. The third-order valence-corrected chi connectivity index (χ3v) is 4.28. The lowest BCUT2D eigenvalue weighted by Gasteiger charge is -2.32. The van der Waals surface area contributed by atoms with Gasteiger partial charge in [-0.05, 0) is 31.9 Å². The van der Waals surface area contributed by atoms with Crippen molar-refractivity contribution in [2.75, 3.05) is 32.1 Å². The Morgan fingerprint density at radius 3 is 2.96 bits per heavy atom. The Balaban J connectivity index is 1.92. The van der Waals surface area contributed by atoms with Gasteiger partial charge in [0.15, 0.2) is 0 Å². The summed E-state index contributed by atoms with van der Waals surface area (Å²) in [6.07, 6.45) is 1.56. The molecule has 1 aliphatic rings. The first kappa shape index (κ1) is 18.4. The maximum atomic E-state index is 12.4. The minimum absolute atomic E-state index is 0.0153. The van der Waals surface area contributed by atoms with E-state index in [0.717, 1.165) is 18.5 Å². The van der Waals surface area contributed by atoms with E-state index < -0.39 is 0 Å². The summed E-state index contributed by atoms with van der Waals surface area (Å²) < 4.78 is 5.17. The van der Waals surface area contributed by atoms with Crippen molar-refractivity contribution >= 4 is 17.6 Å². The molecule has 3 N–H and O–H groups in total. The fraction of sp³-hybridized carbons (Fsp3) is 0.588. The zero-order valence-electron chi connectivity index (χ0n) is 14.3. The number of aryl methyl sites for hydroxylation is 1. The normalized spacial score (nSPS) is 19.0. The molecular formula is C17H26N4O3. The molecule has 2 atom stereocenters. The van der Waals surface area contributed by atoms with Crippen molar-refractivity contribution in [1.29, 1.82) is 0 Å². The number of pyridine rings is 1. The molecular weight excluding hydrogens is 308 g/mol. The van der Waals surface area contributed by atoms with Crippen LogP contribution in [0.4, 0.5) is 5.82 Å². The molecule has 2 heterocycles. The van der Waals surface area contributed by atoms with Crippen LogP contribution in [0.2, 0.25) is 0 Å². The zero-order chi connectivity index (χ0) is 17.5. The van der Waals surface area contributed by atoms with Crippen LogP contribution in [0.15, 0.2) is 18.2 Å². The molecule has 7 heteroatoms. The van der Waals surface area contributed by atoms with E-state index in [2.05, 4.69) is 10.3 Å². The van der Waals surface area contributed by atoms with Gasteiger partial charge in [0.25, 0.3) is 0 Å². The molecule has 24 heavy (non-hydrogen) atoms. The van der Waals surface area contributed by atoms with Crippen molar-refractivity contribution < 1.29 is 14.3 Å². The summed E-state index contributed by atoms with van der Waals surface area (Å²) in [6.45, 7) is 3.28. The molecule has 1 fully saturated rings. The summed E-state index contributed by atoms with van der Waals surface area (Å²) in [5, 5.41) is 2.84. The van der Waals surface area contributed by atoms with Crippen molar-refractivity contribution in [3.63, 3.8) is 0 Å². The highest BCUT2D eigenvalue weighted by Gasteiger charge is 2.29. The van der Waals surface area contributed by atoms with Gasteiger partial charge in [-0.15, -0.1) is 0 Å². The first-order valence-electron chi connectivity index (χ1n) is 8.28. The van der Waals surface area contributed by atoms with Crippen molar-refractivity contribution in [3.05, 3.63) is 23.9 Å². The highest BCUT2D eigenvalue weighted by atomic mass is 16.5. The van der Waals surface area contributed by atoms with E-state index in [-0.39, 0.29) is 30.3 Å². The van der Waals surface area contributed by atoms with Crippen LogP contribution in [-0.4, -0.2) is 54.5 Å². The number of carbonyl (C=O) groups excluding carboxylic acids is 2. The predicted molar refractivity (Wildman–Crippen MR) is 91.4 cm³/mol. The number of ether oxygens (including phenoxy) is 1. The molecule has 1 saturated heterocycles. The van der Waals surface area contributed by atoms with Crippen LogP contribution >= 0.6 is 0 Å². The number of hydrogen-bond acceptors (Lipinski definition) is 5. The largest absolute Gasteiger partial charge is 0.380 e. The van der Waals surface area contributed by atoms with Crippen molar-refractivity contribution in [2.24, 2.45) is 11.7 Å². The monoisotopic (exact) mass is 334 g/mol. The number of nitrogens with zero attached hydrogens (tertiary/aromatic N) is 2. The Morgan fingerprint density at radius 1 is 1.50 bits per heavy atom. The Morgan fingerprint density at radius 2 is 2.29 bits per heavy atom. The number of hydrogen-bond donors (Lipinski definition) is 2. The fourth-order valence-electron chi connectivity index (χ4n) is 2.85. The third-order valence-electron chi connectivity index (χ3n) is 4.28. The van der Waals surface area contributed by atoms with E-state index in [1.54, 1.807) is 18.1 Å². The van der Waals surface area contributed by atoms with Gasteiger partial charge in [-0.2, -0.15) is 0 Å². The van der Waals surface area contributed by atoms with Crippen molar-refractivity contribution in [2.45, 2.75) is 32.3 Å². The van der Waals surface area contributed by atoms with Crippen LogP contribution < -0.4 is 11.1 Å². The quantitative estimate of drug-likeness (QED) is 0.806. The van der Waals surface area contributed by atoms with Crippen LogP contribution in [0.1, 0.15) is 25.0 Å². The highest BCUT2D eigenvalue weighted by molar-refractivity contribution is 5.92. The lowest BCUT2D eigenvalue weighted by molar-refractivity contribution is -0.136. The second-order valence-corrected chi connectivity index (χ2v) is 6.13. The molecule has 1 aromatic rings. The summed E-state index contributed by atoms with van der Waals surface area (Å²) in [7, 11) is 1.55. The van der Waals surface area contributed by atoms with Crippen LogP contribution in [0.3, 0.4) is 0 Å². The second kappa shape index (κ2) is 8.75. The average molecular weight is 334 g/mol. The van der Waals surface area contributed by atoms with Crippen LogP contribution in [0.25, 0.3) is 0 Å². The lowest BCUT2D eigenvalue weighted by Crippen LogP contribution is -2.45.